The van der Waals surface area contributed by atoms with E-state index in [0.717, 1.165) is 15.4 Å². The lowest BCUT2D eigenvalue weighted by atomic mass is 10.2. The number of hydrogen-bond donors (Lipinski definition) is 1. The fourth-order valence-electron chi connectivity index (χ4n) is 2.82. The van der Waals surface area contributed by atoms with E-state index in [1.54, 1.807) is 60.9 Å². The number of aryl methyl sites for hydroxylation is 1. The maximum atomic E-state index is 13.4. The van der Waals surface area contributed by atoms with Crippen LogP contribution in [0.1, 0.15) is 18.1 Å². The van der Waals surface area contributed by atoms with Crippen molar-refractivity contribution in [3.63, 3.8) is 0 Å². The summed E-state index contributed by atoms with van der Waals surface area (Å²) in [5.74, 6) is -0.0121. The van der Waals surface area contributed by atoms with Gasteiger partial charge in [-0.1, -0.05) is 17.7 Å². The Hall–Kier alpha value is -3.72. The highest BCUT2D eigenvalue weighted by molar-refractivity contribution is 7.92. The number of nitrogens with one attached hydrogen (secondary N) is 1. The summed E-state index contributed by atoms with van der Waals surface area (Å²) in [4.78, 5) is 16.5. The van der Waals surface area contributed by atoms with Gasteiger partial charge >= 0.3 is 0 Å². The smallest absolute Gasteiger partial charge is 0.264 e. The highest BCUT2D eigenvalue weighted by Gasteiger charge is 2.27. The van der Waals surface area contributed by atoms with Crippen LogP contribution in [0, 0.1) is 6.92 Å². The van der Waals surface area contributed by atoms with Crippen molar-refractivity contribution in [2.75, 3.05) is 17.5 Å². The molecular formula is C23H24N4O4S. The minimum Gasteiger partial charge on any atom is -0.494 e. The first-order valence-electron chi connectivity index (χ1n) is 9.94. The minimum atomic E-state index is -4.01. The fourth-order valence-corrected chi connectivity index (χ4v) is 4.24. The molecule has 1 aromatic heterocycles. The number of sulfonamides is 1. The van der Waals surface area contributed by atoms with E-state index in [9.17, 15) is 13.2 Å². The molecule has 0 aliphatic heterocycles. The van der Waals surface area contributed by atoms with Crippen LogP contribution in [0.25, 0.3) is 0 Å². The van der Waals surface area contributed by atoms with Crippen molar-refractivity contribution >= 4 is 27.8 Å². The molecule has 0 unspecified atom stereocenters. The molecule has 1 heterocycles. The summed E-state index contributed by atoms with van der Waals surface area (Å²) in [6.07, 6.45) is 4.66. The van der Waals surface area contributed by atoms with Crippen molar-refractivity contribution in [3.8, 4) is 5.75 Å². The Bertz CT molecular complexity index is 1160. The predicted octanol–water partition coefficient (Wildman–Crippen LogP) is 3.13. The van der Waals surface area contributed by atoms with Crippen molar-refractivity contribution in [2.45, 2.75) is 18.7 Å². The summed E-state index contributed by atoms with van der Waals surface area (Å²) in [7, 11) is -4.01. The Labute approximate surface area is 187 Å². The molecule has 0 fully saturated rings. The third-order valence-electron chi connectivity index (χ3n) is 4.44. The van der Waals surface area contributed by atoms with Crippen LogP contribution in [0.5, 0.6) is 5.75 Å². The van der Waals surface area contributed by atoms with Crippen molar-refractivity contribution in [2.24, 2.45) is 5.10 Å². The predicted molar refractivity (Wildman–Crippen MR) is 123 cm³/mol. The normalized spacial score (nSPS) is 11.3. The van der Waals surface area contributed by atoms with Crippen molar-refractivity contribution in [3.05, 3.63) is 84.2 Å². The Balaban J connectivity index is 1.84. The number of anilines is 1. The average molecular weight is 453 g/mol. The maximum absolute atomic E-state index is 13.4. The summed E-state index contributed by atoms with van der Waals surface area (Å²) >= 11 is 0. The van der Waals surface area contributed by atoms with Gasteiger partial charge in [0.05, 0.1) is 23.4 Å². The van der Waals surface area contributed by atoms with E-state index in [-0.39, 0.29) is 4.90 Å². The van der Waals surface area contributed by atoms with Crippen molar-refractivity contribution < 1.29 is 17.9 Å². The zero-order valence-corrected chi connectivity index (χ0v) is 18.6. The number of benzene rings is 2. The Morgan fingerprint density at radius 3 is 2.34 bits per heavy atom. The zero-order chi connectivity index (χ0) is 23.0. The molecule has 166 valence electrons. The molecule has 0 aliphatic carbocycles. The lowest BCUT2D eigenvalue weighted by Gasteiger charge is -2.24. The van der Waals surface area contributed by atoms with E-state index < -0.39 is 22.5 Å². The first kappa shape index (κ1) is 23.0. The second kappa shape index (κ2) is 10.5. The van der Waals surface area contributed by atoms with Gasteiger partial charge in [-0.05, 0) is 67.9 Å². The van der Waals surface area contributed by atoms with Crippen LogP contribution in [0.4, 0.5) is 5.69 Å². The maximum Gasteiger partial charge on any atom is 0.264 e. The number of rotatable bonds is 9. The topological polar surface area (TPSA) is 101 Å². The number of pyridine rings is 1. The van der Waals surface area contributed by atoms with Crippen LogP contribution in [0.2, 0.25) is 0 Å². The molecule has 8 nitrogen and oxygen atoms in total. The second-order valence-electron chi connectivity index (χ2n) is 6.83. The molecule has 2 aromatic carbocycles. The molecule has 1 N–H and O–H groups in total. The van der Waals surface area contributed by atoms with Gasteiger partial charge in [-0.2, -0.15) is 5.10 Å². The number of ether oxygens (including phenoxy) is 1. The Morgan fingerprint density at radius 1 is 1.06 bits per heavy atom. The first-order chi connectivity index (χ1) is 15.4. The van der Waals surface area contributed by atoms with Gasteiger partial charge in [-0.15, -0.1) is 0 Å². The van der Waals surface area contributed by atoms with Gasteiger partial charge in [0.25, 0.3) is 15.9 Å². The number of aromatic nitrogens is 1. The largest absolute Gasteiger partial charge is 0.494 e. The van der Waals surface area contributed by atoms with Crippen molar-refractivity contribution in [1.29, 1.82) is 0 Å². The molecule has 3 rings (SSSR count). The molecule has 0 atom stereocenters. The summed E-state index contributed by atoms with van der Waals surface area (Å²) in [5, 5.41) is 3.90. The number of carbonyl (C=O) groups is 1. The molecule has 9 heteroatoms. The number of hydrazone groups is 1. The van der Waals surface area contributed by atoms with Gasteiger partial charge in [0.1, 0.15) is 12.3 Å². The molecule has 0 radical (unpaired) electrons. The van der Waals surface area contributed by atoms with E-state index in [2.05, 4.69) is 15.5 Å². The van der Waals surface area contributed by atoms with E-state index >= 15 is 0 Å². The standard InChI is InChI=1S/C23H24N4O4S/c1-3-31-21-8-10-22(11-9-21)32(29,30)27(20-6-4-18(2)5-7-20)17-23(28)26-25-16-19-12-14-24-15-13-19/h4-16H,3,17H2,1-2H3,(H,26,28)/b25-16-. The zero-order valence-electron chi connectivity index (χ0n) is 17.8. The molecule has 0 saturated heterocycles. The quantitative estimate of drug-likeness (QED) is 0.397. The van der Waals surface area contributed by atoms with E-state index in [0.29, 0.717) is 18.0 Å². The first-order valence-corrected chi connectivity index (χ1v) is 11.4. The van der Waals surface area contributed by atoms with Crippen LogP contribution in [-0.4, -0.2) is 38.7 Å². The molecule has 0 bridgehead atoms. The SMILES string of the molecule is CCOc1ccc(S(=O)(=O)N(CC(=O)N/N=C\c2ccncc2)c2ccc(C)cc2)cc1. The Morgan fingerprint density at radius 2 is 1.72 bits per heavy atom. The van der Waals surface area contributed by atoms with Crippen molar-refractivity contribution in [1.82, 2.24) is 10.4 Å². The van der Waals surface area contributed by atoms with E-state index in [1.807, 2.05) is 13.8 Å². The second-order valence-corrected chi connectivity index (χ2v) is 8.69. The van der Waals surface area contributed by atoms with Gasteiger partial charge < -0.3 is 4.74 Å². The third-order valence-corrected chi connectivity index (χ3v) is 6.23. The van der Waals surface area contributed by atoms with Crippen LogP contribution in [0.15, 0.2) is 83.1 Å². The number of carbonyl (C=O) groups excluding carboxylic acids is 1. The summed E-state index contributed by atoms with van der Waals surface area (Å²) in [5.41, 5.74) is 4.47. The van der Waals surface area contributed by atoms with Gasteiger partial charge in [-0.25, -0.2) is 13.8 Å². The molecule has 1 amide bonds. The lowest BCUT2D eigenvalue weighted by Crippen LogP contribution is -2.39. The van der Waals surface area contributed by atoms with Crippen LogP contribution in [0.3, 0.4) is 0 Å². The lowest BCUT2D eigenvalue weighted by molar-refractivity contribution is -0.119. The van der Waals surface area contributed by atoms with E-state index in [4.69, 9.17) is 4.74 Å². The van der Waals surface area contributed by atoms with E-state index in [1.165, 1.54) is 18.3 Å². The minimum absolute atomic E-state index is 0.0506. The van der Waals surface area contributed by atoms with Crippen LogP contribution < -0.4 is 14.5 Å². The molecule has 32 heavy (non-hydrogen) atoms. The number of nitrogens with zero attached hydrogens (tertiary/aromatic N) is 3. The Kier molecular flexibility index (Phi) is 7.56. The van der Waals surface area contributed by atoms with Crippen LogP contribution >= 0.6 is 0 Å². The fraction of sp³-hybridized carbons (Fsp3) is 0.174. The van der Waals surface area contributed by atoms with Gasteiger partial charge in [0, 0.05) is 12.4 Å². The molecule has 0 aliphatic rings. The molecule has 0 spiro atoms. The molecular weight excluding hydrogens is 428 g/mol. The van der Waals surface area contributed by atoms with Crippen LogP contribution in [-0.2, 0) is 14.8 Å². The monoisotopic (exact) mass is 452 g/mol. The average Bonchev–Trinajstić information content (AvgIpc) is 2.79. The molecule has 0 saturated carbocycles. The van der Waals surface area contributed by atoms with Gasteiger partial charge in [-0.3, -0.25) is 14.1 Å². The number of hydrogen-bond acceptors (Lipinski definition) is 6. The summed E-state index contributed by atoms with van der Waals surface area (Å²) in [6.45, 7) is 3.78. The number of amides is 1. The molecule has 3 aromatic rings. The highest BCUT2D eigenvalue weighted by atomic mass is 32.2. The van der Waals surface area contributed by atoms with Gasteiger partial charge in [0.15, 0.2) is 0 Å². The highest BCUT2D eigenvalue weighted by Crippen LogP contribution is 2.25. The summed E-state index contributed by atoms with van der Waals surface area (Å²) < 4.78 is 33.2. The van der Waals surface area contributed by atoms with Gasteiger partial charge in [0.2, 0.25) is 0 Å². The third kappa shape index (κ3) is 5.92. The summed E-state index contributed by atoms with van der Waals surface area (Å²) in [6, 6.07) is 16.4.